The van der Waals surface area contributed by atoms with Gasteiger partial charge in [0, 0.05) is 17.7 Å². The maximum Gasteiger partial charge on any atom is 0.0775 e. The van der Waals surface area contributed by atoms with Crippen LogP contribution in [0, 0.1) is 0 Å². The number of hydrogen-bond donors (Lipinski definition) is 2. The van der Waals surface area contributed by atoms with E-state index in [9.17, 15) is 5.11 Å². The number of benzene rings is 2. The van der Waals surface area contributed by atoms with Crippen LogP contribution in [0.3, 0.4) is 0 Å². The fourth-order valence-electron chi connectivity index (χ4n) is 3.21. The van der Waals surface area contributed by atoms with Crippen molar-refractivity contribution >= 4 is 21.4 Å². The molecule has 4 rings (SSSR count). The zero-order valence-electron chi connectivity index (χ0n) is 11.6. The van der Waals surface area contributed by atoms with Gasteiger partial charge in [0.05, 0.1) is 12.1 Å². The zero-order valence-corrected chi connectivity index (χ0v) is 12.4. The van der Waals surface area contributed by atoms with E-state index in [1.54, 1.807) is 11.3 Å². The Kier molecular flexibility index (Phi) is 3.26. The summed E-state index contributed by atoms with van der Waals surface area (Å²) in [6.45, 7) is 0.792. The number of aliphatic hydroxyl groups excluding tert-OH is 1. The minimum Gasteiger partial charge on any atom is -0.391 e. The average molecular weight is 295 g/mol. The van der Waals surface area contributed by atoms with Gasteiger partial charge in [0.25, 0.3) is 0 Å². The summed E-state index contributed by atoms with van der Waals surface area (Å²) in [4.78, 5) is 0. The van der Waals surface area contributed by atoms with E-state index >= 15 is 0 Å². The third kappa shape index (κ3) is 2.27. The Balaban J connectivity index is 1.57. The van der Waals surface area contributed by atoms with Crippen LogP contribution >= 0.6 is 11.3 Å². The lowest BCUT2D eigenvalue weighted by Gasteiger charge is -2.17. The van der Waals surface area contributed by atoms with Crippen LogP contribution in [0.1, 0.15) is 22.7 Å². The monoisotopic (exact) mass is 295 g/mol. The molecule has 0 fully saturated rings. The molecule has 2 atom stereocenters. The van der Waals surface area contributed by atoms with Gasteiger partial charge in [-0.3, -0.25) is 0 Å². The van der Waals surface area contributed by atoms with E-state index < -0.39 is 0 Å². The standard InChI is InChI=1S/C18H17NOS/c20-16-9-12-5-1-2-7-15(12)18(16)19-10-13-11-21-17-8-4-3-6-14(13)17/h1-8,11,16,18-20H,9-10H2/t16-,18+/m0/s1. The molecule has 0 bridgehead atoms. The lowest BCUT2D eigenvalue weighted by atomic mass is 10.1. The topological polar surface area (TPSA) is 32.3 Å². The van der Waals surface area contributed by atoms with Gasteiger partial charge in [0.15, 0.2) is 0 Å². The maximum absolute atomic E-state index is 10.3. The van der Waals surface area contributed by atoms with Crippen molar-refractivity contribution in [1.29, 1.82) is 0 Å². The highest BCUT2D eigenvalue weighted by Gasteiger charge is 2.30. The minimum atomic E-state index is -0.327. The number of rotatable bonds is 3. The smallest absolute Gasteiger partial charge is 0.0775 e. The third-order valence-electron chi connectivity index (χ3n) is 4.28. The molecule has 0 radical (unpaired) electrons. The summed E-state index contributed by atoms with van der Waals surface area (Å²) < 4.78 is 1.32. The van der Waals surface area contributed by atoms with Crippen LogP contribution in [0.4, 0.5) is 0 Å². The van der Waals surface area contributed by atoms with Crippen LogP contribution in [0.2, 0.25) is 0 Å². The van der Waals surface area contributed by atoms with Crippen molar-refractivity contribution in [3.05, 3.63) is 70.6 Å². The summed E-state index contributed by atoms with van der Waals surface area (Å²) in [5.41, 5.74) is 3.81. The third-order valence-corrected chi connectivity index (χ3v) is 5.29. The molecule has 1 aliphatic rings. The van der Waals surface area contributed by atoms with E-state index in [0.717, 1.165) is 13.0 Å². The SMILES string of the molecule is O[C@H]1Cc2ccccc2[C@H]1NCc1csc2ccccc12. The van der Waals surface area contributed by atoms with Gasteiger partial charge >= 0.3 is 0 Å². The molecular weight excluding hydrogens is 278 g/mol. The molecule has 106 valence electrons. The largest absolute Gasteiger partial charge is 0.391 e. The number of fused-ring (bicyclic) bond motifs is 2. The molecule has 1 aliphatic carbocycles. The Bertz CT molecular complexity index is 779. The second kappa shape index (κ2) is 5.26. The van der Waals surface area contributed by atoms with Crippen LogP contribution in [-0.4, -0.2) is 11.2 Å². The Labute approximate surface area is 128 Å². The molecule has 0 spiro atoms. The van der Waals surface area contributed by atoms with E-state index in [-0.39, 0.29) is 12.1 Å². The maximum atomic E-state index is 10.3. The summed E-state index contributed by atoms with van der Waals surface area (Å²) in [6, 6.07) is 16.8. The molecular formula is C18H17NOS. The predicted octanol–water partition coefficient (Wildman–Crippen LogP) is 3.65. The highest BCUT2D eigenvalue weighted by atomic mass is 32.1. The van der Waals surface area contributed by atoms with Gasteiger partial charge in [-0.15, -0.1) is 11.3 Å². The molecule has 1 aromatic heterocycles. The van der Waals surface area contributed by atoms with Crippen LogP contribution in [0.15, 0.2) is 53.9 Å². The molecule has 0 saturated heterocycles. The molecule has 0 aliphatic heterocycles. The molecule has 3 heteroatoms. The molecule has 21 heavy (non-hydrogen) atoms. The summed E-state index contributed by atoms with van der Waals surface area (Å²) in [6.07, 6.45) is 0.422. The predicted molar refractivity (Wildman–Crippen MR) is 87.6 cm³/mol. The lowest BCUT2D eigenvalue weighted by molar-refractivity contribution is 0.141. The summed E-state index contributed by atoms with van der Waals surface area (Å²) in [5, 5.41) is 17.4. The number of nitrogens with one attached hydrogen (secondary N) is 1. The molecule has 0 amide bonds. The van der Waals surface area contributed by atoms with Gasteiger partial charge in [-0.1, -0.05) is 42.5 Å². The molecule has 3 aromatic rings. The number of aliphatic hydroxyl groups is 1. The normalized spacial score (nSPS) is 20.8. The summed E-state index contributed by atoms with van der Waals surface area (Å²) in [5.74, 6) is 0. The van der Waals surface area contributed by atoms with Crippen molar-refractivity contribution in [2.45, 2.75) is 25.1 Å². The highest BCUT2D eigenvalue weighted by Crippen LogP contribution is 2.32. The van der Waals surface area contributed by atoms with E-state index in [1.807, 2.05) is 12.1 Å². The first-order valence-electron chi connectivity index (χ1n) is 7.27. The van der Waals surface area contributed by atoms with E-state index in [2.05, 4.69) is 47.1 Å². The van der Waals surface area contributed by atoms with Crippen molar-refractivity contribution in [2.24, 2.45) is 0 Å². The Hall–Kier alpha value is -1.68. The Morgan fingerprint density at radius 1 is 1.10 bits per heavy atom. The van der Waals surface area contributed by atoms with E-state index in [4.69, 9.17) is 0 Å². The first-order valence-corrected chi connectivity index (χ1v) is 8.15. The van der Waals surface area contributed by atoms with Crippen LogP contribution < -0.4 is 5.32 Å². The minimum absolute atomic E-state index is 0.0415. The van der Waals surface area contributed by atoms with Crippen molar-refractivity contribution in [3.8, 4) is 0 Å². The van der Waals surface area contributed by atoms with E-state index in [0.29, 0.717) is 0 Å². The quantitative estimate of drug-likeness (QED) is 0.773. The highest BCUT2D eigenvalue weighted by molar-refractivity contribution is 7.17. The second-order valence-electron chi connectivity index (χ2n) is 5.59. The van der Waals surface area contributed by atoms with Crippen molar-refractivity contribution < 1.29 is 5.11 Å². The Morgan fingerprint density at radius 2 is 1.90 bits per heavy atom. The van der Waals surface area contributed by atoms with Gasteiger partial charge < -0.3 is 10.4 Å². The molecule has 2 N–H and O–H groups in total. The molecule has 0 unspecified atom stereocenters. The average Bonchev–Trinajstić information content (AvgIpc) is 3.06. The molecule has 2 nitrogen and oxygen atoms in total. The molecule has 1 heterocycles. The van der Waals surface area contributed by atoms with Gasteiger partial charge in [-0.25, -0.2) is 0 Å². The first kappa shape index (κ1) is 13.0. The first-order chi connectivity index (χ1) is 10.3. The fourth-order valence-corrected chi connectivity index (χ4v) is 4.17. The number of thiophene rings is 1. The van der Waals surface area contributed by atoms with Crippen LogP contribution in [-0.2, 0) is 13.0 Å². The zero-order chi connectivity index (χ0) is 14.2. The fraction of sp³-hybridized carbons (Fsp3) is 0.222. The van der Waals surface area contributed by atoms with Crippen LogP contribution in [0.25, 0.3) is 10.1 Å². The number of hydrogen-bond acceptors (Lipinski definition) is 3. The van der Waals surface area contributed by atoms with Crippen molar-refractivity contribution in [2.75, 3.05) is 0 Å². The van der Waals surface area contributed by atoms with Gasteiger partial charge in [-0.2, -0.15) is 0 Å². The summed E-state index contributed by atoms with van der Waals surface area (Å²) in [7, 11) is 0. The van der Waals surface area contributed by atoms with Crippen LogP contribution in [0.5, 0.6) is 0 Å². The van der Waals surface area contributed by atoms with Crippen molar-refractivity contribution in [1.82, 2.24) is 5.32 Å². The second-order valence-corrected chi connectivity index (χ2v) is 6.50. The molecule has 2 aromatic carbocycles. The Morgan fingerprint density at radius 3 is 2.86 bits per heavy atom. The van der Waals surface area contributed by atoms with Gasteiger partial charge in [0.2, 0.25) is 0 Å². The molecule has 0 saturated carbocycles. The summed E-state index contributed by atoms with van der Waals surface area (Å²) >= 11 is 1.78. The van der Waals surface area contributed by atoms with Gasteiger partial charge in [0.1, 0.15) is 0 Å². The van der Waals surface area contributed by atoms with Gasteiger partial charge in [-0.05, 0) is 33.5 Å². The lowest BCUT2D eigenvalue weighted by Crippen LogP contribution is -2.28. The van der Waals surface area contributed by atoms with E-state index in [1.165, 1.54) is 26.8 Å². The van der Waals surface area contributed by atoms with Crippen molar-refractivity contribution in [3.63, 3.8) is 0 Å².